The fraction of sp³-hybridized carbons (Fsp3) is 0.500. The Morgan fingerprint density at radius 1 is 1.24 bits per heavy atom. The minimum atomic E-state index is -0.535. The summed E-state index contributed by atoms with van der Waals surface area (Å²) in [6.45, 7) is 4.05. The summed E-state index contributed by atoms with van der Waals surface area (Å²) in [7, 11) is 0. The molecule has 2 fully saturated rings. The third-order valence-electron chi connectivity index (χ3n) is 5.11. The number of carbonyl (C=O) groups excluding carboxylic acids is 1. The highest BCUT2D eigenvalue weighted by Gasteiger charge is 2.29. The molecule has 0 aliphatic carbocycles. The summed E-state index contributed by atoms with van der Waals surface area (Å²) in [4.78, 5) is 17.0. The molecule has 0 bridgehead atoms. The molecule has 0 N–H and O–H groups in total. The van der Waals surface area contributed by atoms with Gasteiger partial charge < -0.3 is 9.80 Å². The number of hydrogen-bond donors (Lipinski definition) is 0. The van der Waals surface area contributed by atoms with Crippen molar-refractivity contribution in [3.8, 4) is 6.07 Å². The molecule has 2 aliphatic heterocycles. The van der Waals surface area contributed by atoms with Crippen LogP contribution in [0.3, 0.4) is 0 Å². The molecular weight excluding hydrogens is 317 g/mol. The van der Waals surface area contributed by atoms with Crippen LogP contribution in [0.25, 0.3) is 6.08 Å². The van der Waals surface area contributed by atoms with Gasteiger partial charge in [0.05, 0.1) is 5.56 Å². The Balaban J connectivity index is 1.62. The quantitative estimate of drug-likeness (QED) is 0.790. The van der Waals surface area contributed by atoms with Crippen molar-refractivity contribution in [1.29, 1.82) is 5.26 Å². The van der Waals surface area contributed by atoms with Crippen LogP contribution in [0.1, 0.15) is 43.2 Å². The van der Waals surface area contributed by atoms with Gasteiger partial charge in [-0.25, -0.2) is 4.39 Å². The number of nitrogens with zero attached hydrogens (tertiary/aromatic N) is 3. The summed E-state index contributed by atoms with van der Waals surface area (Å²) < 4.78 is 13.4. The van der Waals surface area contributed by atoms with Crippen molar-refractivity contribution >= 4 is 12.0 Å². The minimum absolute atomic E-state index is 0.00116. The second-order valence-corrected chi connectivity index (χ2v) is 6.87. The molecule has 1 aromatic rings. The highest BCUT2D eigenvalue weighted by atomic mass is 19.1. The molecule has 132 valence electrons. The van der Waals surface area contributed by atoms with E-state index >= 15 is 0 Å². The second kappa shape index (κ2) is 8.26. The Hall–Kier alpha value is -2.19. The van der Waals surface area contributed by atoms with E-state index in [1.54, 1.807) is 18.2 Å². The van der Waals surface area contributed by atoms with Crippen molar-refractivity contribution in [2.24, 2.45) is 0 Å². The van der Waals surface area contributed by atoms with E-state index in [9.17, 15) is 9.18 Å². The molecule has 0 radical (unpaired) electrons. The fourth-order valence-electron chi connectivity index (χ4n) is 3.75. The highest BCUT2D eigenvalue weighted by Crippen LogP contribution is 2.21. The van der Waals surface area contributed by atoms with E-state index in [1.807, 2.05) is 11.0 Å². The van der Waals surface area contributed by atoms with Crippen LogP contribution >= 0.6 is 0 Å². The number of halogens is 1. The molecule has 25 heavy (non-hydrogen) atoms. The number of nitriles is 1. The average molecular weight is 341 g/mol. The average Bonchev–Trinajstić information content (AvgIpc) is 3.10. The predicted molar refractivity (Wildman–Crippen MR) is 95.2 cm³/mol. The van der Waals surface area contributed by atoms with Crippen LogP contribution in [0.5, 0.6) is 0 Å². The van der Waals surface area contributed by atoms with Gasteiger partial charge in [-0.1, -0.05) is 12.5 Å². The normalized spacial score (nSPS) is 21.6. The Bertz CT molecular complexity index is 689. The van der Waals surface area contributed by atoms with Gasteiger partial charge in [-0.3, -0.25) is 4.79 Å². The van der Waals surface area contributed by atoms with Crippen LogP contribution in [-0.4, -0.2) is 47.9 Å². The maximum absolute atomic E-state index is 13.4. The van der Waals surface area contributed by atoms with Gasteiger partial charge in [0.2, 0.25) is 5.91 Å². The van der Waals surface area contributed by atoms with Gasteiger partial charge in [0.1, 0.15) is 11.9 Å². The molecule has 2 aliphatic rings. The van der Waals surface area contributed by atoms with E-state index in [2.05, 4.69) is 4.90 Å². The third-order valence-corrected chi connectivity index (χ3v) is 5.11. The zero-order valence-electron chi connectivity index (χ0n) is 14.5. The first-order valence-electron chi connectivity index (χ1n) is 9.08. The molecular formula is C20H24FN3O. The molecule has 5 heteroatoms. The maximum atomic E-state index is 13.4. The zero-order valence-corrected chi connectivity index (χ0v) is 14.5. The largest absolute Gasteiger partial charge is 0.335 e. The standard InChI is InChI=1S/C20H24FN3O/c21-19-8-6-16(13-17(19)14-22)7-9-20(25)24-12-4-5-18(24)15-23-10-2-1-3-11-23/h6-9,13,18H,1-5,10-12,15H2/b9-7+/t18-/m0/s1. The number of amides is 1. The van der Waals surface area contributed by atoms with Crippen LogP contribution < -0.4 is 0 Å². The molecule has 0 saturated carbocycles. The molecule has 1 atom stereocenters. The van der Waals surface area contributed by atoms with Crippen LogP contribution in [-0.2, 0) is 4.79 Å². The molecule has 1 aromatic carbocycles. The van der Waals surface area contributed by atoms with Crippen LogP contribution in [0.4, 0.5) is 4.39 Å². The van der Waals surface area contributed by atoms with Crippen LogP contribution in [0, 0.1) is 17.1 Å². The van der Waals surface area contributed by atoms with E-state index in [4.69, 9.17) is 5.26 Å². The van der Waals surface area contributed by atoms with Crippen LogP contribution in [0.15, 0.2) is 24.3 Å². The summed E-state index contributed by atoms with van der Waals surface area (Å²) in [6.07, 6.45) is 9.15. The molecule has 0 aromatic heterocycles. The molecule has 2 heterocycles. The highest BCUT2D eigenvalue weighted by molar-refractivity contribution is 5.92. The Morgan fingerprint density at radius 2 is 2.04 bits per heavy atom. The SMILES string of the molecule is N#Cc1cc(/C=C/C(=O)N2CCC[C@H]2CN2CCCCC2)ccc1F. The smallest absolute Gasteiger partial charge is 0.246 e. The lowest BCUT2D eigenvalue weighted by Gasteiger charge is -2.32. The van der Waals surface area contributed by atoms with Gasteiger partial charge in [0, 0.05) is 25.2 Å². The summed E-state index contributed by atoms with van der Waals surface area (Å²) in [5.74, 6) is -0.533. The lowest BCUT2D eigenvalue weighted by Crippen LogP contribution is -2.44. The first-order chi connectivity index (χ1) is 12.2. The molecule has 0 spiro atoms. The molecule has 0 unspecified atom stereocenters. The number of rotatable bonds is 4. The number of carbonyl (C=O) groups is 1. The molecule has 4 nitrogen and oxygen atoms in total. The predicted octanol–water partition coefficient (Wildman–Crippen LogP) is 3.19. The second-order valence-electron chi connectivity index (χ2n) is 6.87. The van der Waals surface area contributed by atoms with E-state index in [1.165, 1.54) is 31.4 Å². The van der Waals surface area contributed by atoms with Gasteiger partial charge in [0.15, 0.2) is 0 Å². The zero-order chi connectivity index (χ0) is 17.6. The van der Waals surface area contributed by atoms with Crippen molar-refractivity contribution < 1.29 is 9.18 Å². The van der Waals surface area contributed by atoms with Gasteiger partial charge in [0.25, 0.3) is 0 Å². The summed E-state index contributed by atoms with van der Waals surface area (Å²) >= 11 is 0. The van der Waals surface area contributed by atoms with Gasteiger partial charge in [-0.05, 0) is 62.5 Å². The Morgan fingerprint density at radius 3 is 2.80 bits per heavy atom. The third kappa shape index (κ3) is 4.46. The summed E-state index contributed by atoms with van der Waals surface area (Å²) in [5.41, 5.74) is 0.664. The molecule has 1 amide bonds. The number of hydrogen-bond acceptors (Lipinski definition) is 3. The lowest BCUT2D eigenvalue weighted by atomic mass is 10.1. The fourth-order valence-corrected chi connectivity index (χ4v) is 3.75. The lowest BCUT2D eigenvalue weighted by molar-refractivity contribution is -0.127. The monoisotopic (exact) mass is 341 g/mol. The molecule has 2 saturated heterocycles. The molecule has 3 rings (SSSR count). The van der Waals surface area contributed by atoms with Crippen molar-refractivity contribution in [2.45, 2.75) is 38.1 Å². The number of benzene rings is 1. The first-order valence-corrected chi connectivity index (χ1v) is 9.08. The number of likely N-dealkylation sites (tertiary alicyclic amines) is 2. The van der Waals surface area contributed by atoms with Crippen LogP contribution in [0.2, 0.25) is 0 Å². The maximum Gasteiger partial charge on any atom is 0.246 e. The van der Waals surface area contributed by atoms with Gasteiger partial charge >= 0.3 is 0 Å². The Kier molecular flexibility index (Phi) is 5.83. The topological polar surface area (TPSA) is 47.3 Å². The summed E-state index contributed by atoms with van der Waals surface area (Å²) in [6, 6.07) is 6.42. The van der Waals surface area contributed by atoms with Crippen molar-refractivity contribution in [3.05, 3.63) is 41.2 Å². The van der Waals surface area contributed by atoms with E-state index < -0.39 is 5.82 Å². The Labute approximate surface area is 148 Å². The van der Waals surface area contributed by atoms with Gasteiger partial charge in [-0.15, -0.1) is 0 Å². The van der Waals surface area contributed by atoms with E-state index in [0.29, 0.717) is 5.56 Å². The van der Waals surface area contributed by atoms with Crippen molar-refractivity contribution in [1.82, 2.24) is 9.80 Å². The van der Waals surface area contributed by atoms with E-state index in [-0.39, 0.29) is 17.5 Å². The number of piperidine rings is 1. The van der Waals surface area contributed by atoms with Crippen molar-refractivity contribution in [2.75, 3.05) is 26.2 Å². The summed E-state index contributed by atoms with van der Waals surface area (Å²) in [5, 5.41) is 8.89. The first kappa shape index (κ1) is 17.6. The minimum Gasteiger partial charge on any atom is -0.335 e. The van der Waals surface area contributed by atoms with Gasteiger partial charge in [-0.2, -0.15) is 5.26 Å². The van der Waals surface area contributed by atoms with E-state index in [0.717, 1.165) is 39.0 Å². The van der Waals surface area contributed by atoms with Crippen molar-refractivity contribution in [3.63, 3.8) is 0 Å².